The molecule has 2 nitrogen and oxygen atoms in total. The Morgan fingerprint density at radius 2 is 1.79 bits per heavy atom. The average molecular weight is 282 g/mol. The summed E-state index contributed by atoms with van der Waals surface area (Å²) < 4.78 is 0. The van der Waals surface area contributed by atoms with Gasteiger partial charge in [-0.1, -0.05) is 27.7 Å². The molecule has 0 aliphatic rings. The van der Waals surface area contributed by atoms with Crippen LogP contribution in [0.2, 0.25) is 0 Å². The lowest BCUT2D eigenvalue weighted by Crippen LogP contribution is -2.55. The first-order valence-corrected chi connectivity index (χ1v) is 8.45. The minimum Gasteiger partial charge on any atom is -0.311 e. The maximum Gasteiger partial charge on any atom is 0.0515 e. The maximum atomic E-state index is 3.60. The summed E-state index contributed by atoms with van der Waals surface area (Å²) >= 11 is 1.85. The number of thiophene rings is 1. The fourth-order valence-corrected chi connectivity index (χ4v) is 4.29. The van der Waals surface area contributed by atoms with Crippen LogP contribution in [0.25, 0.3) is 0 Å². The van der Waals surface area contributed by atoms with E-state index in [0.29, 0.717) is 6.04 Å². The maximum absolute atomic E-state index is 3.60. The minimum atomic E-state index is 0.212. The lowest BCUT2D eigenvalue weighted by molar-refractivity contribution is 0.0514. The van der Waals surface area contributed by atoms with Gasteiger partial charge in [-0.05, 0) is 56.9 Å². The molecule has 0 aliphatic carbocycles. The third-order valence-corrected chi connectivity index (χ3v) is 5.52. The summed E-state index contributed by atoms with van der Waals surface area (Å²) in [7, 11) is 2.10. The summed E-state index contributed by atoms with van der Waals surface area (Å²) in [5.74, 6) is 0. The van der Waals surface area contributed by atoms with Gasteiger partial charge in [-0.3, -0.25) is 4.90 Å². The van der Waals surface area contributed by atoms with Gasteiger partial charge in [0.1, 0.15) is 0 Å². The van der Waals surface area contributed by atoms with Crippen LogP contribution >= 0.6 is 11.3 Å². The van der Waals surface area contributed by atoms with Crippen LogP contribution in [-0.4, -0.2) is 30.6 Å². The van der Waals surface area contributed by atoms with Gasteiger partial charge in [-0.2, -0.15) is 0 Å². The molecule has 0 radical (unpaired) electrons. The van der Waals surface area contributed by atoms with Gasteiger partial charge in [0.25, 0.3) is 0 Å². The Kier molecular flexibility index (Phi) is 6.51. The second-order valence-corrected chi connectivity index (χ2v) is 6.26. The molecule has 19 heavy (non-hydrogen) atoms. The first kappa shape index (κ1) is 16.7. The van der Waals surface area contributed by atoms with Crippen LogP contribution in [-0.2, 0) is 0 Å². The topological polar surface area (TPSA) is 15.3 Å². The third kappa shape index (κ3) is 3.04. The number of hydrogen-bond donors (Lipinski definition) is 1. The van der Waals surface area contributed by atoms with Gasteiger partial charge < -0.3 is 5.32 Å². The molecule has 1 aromatic rings. The molecule has 1 N–H and O–H groups in total. The van der Waals surface area contributed by atoms with E-state index in [-0.39, 0.29) is 5.54 Å². The van der Waals surface area contributed by atoms with Crippen LogP contribution in [0.1, 0.15) is 57.0 Å². The van der Waals surface area contributed by atoms with Gasteiger partial charge >= 0.3 is 0 Å². The predicted octanol–water partition coefficient (Wildman–Crippen LogP) is 4.22. The highest BCUT2D eigenvalue weighted by Crippen LogP contribution is 2.39. The molecule has 0 amide bonds. The van der Waals surface area contributed by atoms with Crippen LogP contribution in [0, 0.1) is 6.92 Å². The molecule has 1 heterocycles. The van der Waals surface area contributed by atoms with Gasteiger partial charge in [0.2, 0.25) is 0 Å². The molecule has 1 rings (SSSR count). The van der Waals surface area contributed by atoms with Crippen molar-refractivity contribution in [1.82, 2.24) is 10.2 Å². The normalized spacial score (nSPS) is 14.1. The molecule has 0 saturated heterocycles. The zero-order valence-corrected chi connectivity index (χ0v) is 14.2. The highest BCUT2D eigenvalue weighted by atomic mass is 32.1. The van der Waals surface area contributed by atoms with Gasteiger partial charge in [0.05, 0.1) is 6.04 Å². The summed E-state index contributed by atoms with van der Waals surface area (Å²) in [5.41, 5.74) is 1.69. The summed E-state index contributed by atoms with van der Waals surface area (Å²) in [6.45, 7) is 13.7. The summed E-state index contributed by atoms with van der Waals surface area (Å²) in [4.78, 5) is 4.07. The Morgan fingerprint density at radius 3 is 2.11 bits per heavy atom. The van der Waals surface area contributed by atoms with Gasteiger partial charge in [0, 0.05) is 10.4 Å². The summed E-state index contributed by atoms with van der Waals surface area (Å²) in [6, 6.07) is 2.71. The molecule has 0 saturated carbocycles. The Morgan fingerprint density at radius 1 is 1.21 bits per heavy atom. The zero-order valence-electron chi connectivity index (χ0n) is 13.4. The van der Waals surface area contributed by atoms with E-state index in [1.165, 1.54) is 23.3 Å². The molecular weight excluding hydrogens is 252 g/mol. The van der Waals surface area contributed by atoms with E-state index in [1.54, 1.807) is 0 Å². The molecular formula is C16H30N2S. The van der Waals surface area contributed by atoms with Crippen molar-refractivity contribution in [2.24, 2.45) is 0 Å². The van der Waals surface area contributed by atoms with Crippen molar-refractivity contribution in [1.29, 1.82) is 0 Å². The molecule has 1 aromatic heterocycles. The van der Waals surface area contributed by atoms with E-state index in [4.69, 9.17) is 0 Å². The molecule has 0 spiro atoms. The number of rotatable bonds is 8. The summed E-state index contributed by atoms with van der Waals surface area (Å²) in [5, 5.41) is 5.82. The fourth-order valence-electron chi connectivity index (χ4n) is 3.55. The molecule has 0 fully saturated rings. The Labute approximate surface area is 123 Å². The molecule has 1 atom stereocenters. The van der Waals surface area contributed by atoms with Crippen molar-refractivity contribution in [3.63, 3.8) is 0 Å². The van der Waals surface area contributed by atoms with Crippen molar-refractivity contribution in [2.75, 3.05) is 20.1 Å². The smallest absolute Gasteiger partial charge is 0.0515 e. The molecule has 1 unspecified atom stereocenters. The highest BCUT2D eigenvalue weighted by molar-refractivity contribution is 7.10. The molecule has 0 aromatic carbocycles. The fraction of sp³-hybridized carbons (Fsp3) is 0.750. The van der Waals surface area contributed by atoms with Crippen LogP contribution in [0.4, 0.5) is 0 Å². The van der Waals surface area contributed by atoms with Gasteiger partial charge in [-0.25, -0.2) is 0 Å². The van der Waals surface area contributed by atoms with Crippen molar-refractivity contribution in [3.8, 4) is 0 Å². The number of nitrogens with zero attached hydrogens (tertiary/aromatic N) is 1. The van der Waals surface area contributed by atoms with Crippen molar-refractivity contribution in [2.45, 2.75) is 59.0 Å². The Bertz CT molecular complexity index is 365. The average Bonchev–Trinajstić information content (AvgIpc) is 2.85. The van der Waals surface area contributed by atoms with Crippen molar-refractivity contribution in [3.05, 3.63) is 21.9 Å². The summed E-state index contributed by atoms with van der Waals surface area (Å²) in [6.07, 6.45) is 2.35. The van der Waals surface area contributed by atoms with E-state index in [0.717, 1.165) is 13.1 Å². The lowest BCUT2D eigenvalue weighted by Gasteiger charge is -2.48. The number of hydrogen-bond acceptors (Lipinski definition) is 3. The second-order valence-electron chi connectivity index (χ2n) is 5.14. The second kappa shape index (κ2) is 7.41. The third-order valence-electron chi connectivity index (χ3n) is 4.65. The molecule has 110 valence electrons. The van der Waals surface area contributed by atoms with Crippen LogP contribution < -0.4 is 5.32 Å². The van der Waals surface area contributed by atoms with E-state index < -0.39 is 0 Å². The van der Waals surface area contributed by atoms with Crippen molar-refractivity contribution >= 4 is 11.3 Å². The Hall–Kier alpha value is -0.380. The molecule has 3 heteroatoms. The molecule has 0 bridgehead atoms. The van der Waals surface area contributed by atoms with Gasteiger partial charge in [-0.15, -0.1) is 11.3 Å². The number of nitrogens with one attached hydrogen (secondary N) is 1. The van der Waals surface area contributed by atoms with E-state index >= 15 is 0 Å². The van der Waals surface area contributed by atoms with Crippen LogP contribution in [0.3, 0.4) is 0 Å². The highest BCUT2D eigenvalue weighted by Gasteiger charge is 2.40. The first-order chi connectivity index (χ1) is 9.11. The van der Waals surface area contributed by atoms with Crippen molar-refractivity contribution < 1.29 is 0 Å². The SMILES string of the molecule is CCN(CC)C(CC)(CC)C(NC)c1ccsc1C. The Balaban J connectivity index is 3.25. The van der Waals surface area contributed by atoms with Crippen LogP contribution in [0.15, 0.2) is 11.4 Å². The largest absolute Gasteiger partial charge is 0.311 e. The van der Waals surface area contributed by atoms with E-state index in [2.05, 4.69) is 63.3 Å². The van der Waals surface area contributed by atoms with Crippen LogP contribution in [0.5, 0.6) is 0 Å². The van der Waals surface area contributed by atoms with Gasteiger partial charge in [0.15, 0.2) is 0 Å². The lowest BCUT2D eigenvalue weighted by atomic mass is 9.79. The standard InChI is InChI=1S/C16H30N2S/c1-7-16(8-2,18(9-3)10-4)15(17-6)14-11-12-19-13(14)5/h11-12,15,17H,7-10H2,1-6H3. The zero-order chi connectivity index (χ0) is 14.5. The van der Waals surface area contributed by atoms with E-state index in [1.807, 2.05) is 11.3 Å². The predicted molar refractivity (Wildman–Crippen MR) is 87.1 cm³/mol. The number of aryl methyl sites for hydroxylation is 1. The minimum absolute atomic E-state index is 0.212. The monoisotopic (exact) mass is 282 g/mol. The first-order valence-electron chi connectivity index (χ1n) is 7.57. The van der Waals surface area contributed by atoms with E-state index in [9.17, 15) is 0 Å². The number of likely N-dealkylation sites (N-methyl/N-ethyl adjacent to an activating group) is 2. The quantitative estimate of drug-likeness (QED) is 0.768. The molecule has 0 aliphatic heterocycles.